The number of aromatic nitrogens is 2. The zero-order chi connectivity index (χ0) is 12.5. The Kier molecular flexibility index (Phi) is 3.31. The molecule has 2 N–H and O–H groups in total. The number of piperazine rings is 1. The number of likely N-dealkylation sites (N-methyl/N-ethyl adjacent to an activating group) is 1. The summed E-state index contributed by atoms with van der Waals surface area (Å²) in [6.07, 6.45) is 1.79. The van der Waals surface area contributed by atoms with Gasteiger partial charge in [-0.15, -0.1) is 0 Å². The van der Waals surface area contributed by atoms with Gasteiger partial charge in [-0.05, 0) is 27.0 Å². The predicted molar refractivity (Wildman–Crippen MR) is 68.8 cm³/mol. The summed E-state index contributed by atoms with van der Waals surface area (Å²) in [5, 5.41) is 0. The van der Waals surface area contributed by atoms with Crippen LogP contribution in [0.25, 0.3) is 0 Å². The van der Waals surface area contributed by atoms with Crippen LogP contribution in [0.2, 0.25) is 0 Å². The van der Waals surface area contributed by atoms with Gasteiger partial charge in [0, 0.05) is 37.9 Å². The summed E-state index contributed by atoms with van der Waals surface area (Å²) in [7, 11) is 2.16. The molecule has 0 aliphatic carbocycles. The van der Waals surface area contributed by atoms with Crippen LogP contribution in [-0.4, -0.2) is 47.1 Å². The largest absolute Gasteiger partial charge is 0.338 e. The average Bonchev–Trinajstić information content (AvgIpc) is 2.32. The van der Waals surface area contributed by atoms with E-state index in [9.17, 15) is 0 Å². The lowest BCUT2D eigenvalue weighted by Gasteiger charge is -2.45. The molecule has 2 heterocycles. The van der Waals surface area contributed by atoms with E-state index in [1.54, 1.807) is 6.20 Å². The van der Waals surface area contributed by atoms with Crippen molar-refractivity contribution in [3.63, 3.8) is 0 Å². The fraction of sp³-hybridized carbons (Fsp3) is 0.667. The van der Waals surface area contributed by atoms with E-state index >= 15 is 0 Å². The Morgan fingerprint density at radius 1 is 1.41 bits per heavy atom. The predicted octanol–water partition coefficient (Wildman–Crippen LogP) is 0.466. The number of anilines is 1. The highest BCUT2D eigenvalue weighted by Crippen LogP contribution is 2.21. The van der Waals surface area contributed by atoms with E-state index in [0.717, 1.165) is 31.3 Å². The second kappa shape index (κ2) is 4.58. The van der Waals surface area contributed by atoms with Crippen LogP contribution >= 0.6 is 0 Å². The molecule has 1 saturated heterocycles. The summed E-state index contributed by atoms with van der Waals surface area (Å²) in [5.41, 5.74) is 6.65. The third kappa shape index (κ3) is 2.56. The Balaban J connectivity index is 2.17. The van der Waals surface area contributed by atoms with Gasteiger partial charge in [0.2, 0.25) is 5.95 Å². The summed E-state index contributed by atoms with van der Waals surface area (Å²) in [4.78, 5) is 13.4. The second-order valence-electron chi connectivity index (χ2n) is 5.21. The van der Waals surface area contributed by atoms with Gasteiger partial charge >= 0.3 is 0 Å². The molecule has 1 aromatic rings. The van der Waals surface area contributed by atoms with E-state index in [1.165, 1.54) is 0 Å². The van der Waals surface area contributed by atoms with Crippen LogP contribution in [0.15, 0.2) is 12.3 Å². The zero-order valence-electron chi connectivity index (χ0n) is 10.8. The van der Waals surface area contributed by atoms with E-state index < -0.39 is 0 Å². The molecule has 1 fully saturated rings. The summed E-state index contributed by atoms with van der Waals surface area (Å²) < 4.78 is 0. The summed E-state index contributed by atoms with van der Waals surface area (Å²) in [6.45, 7) is 7.89. The fourth-order valence-corrected chi connectivity index (χ4v) is 2.06. The van der Waals surface area contributed by atoms with Crippen molar-refractivity contribution in [3.8, 4) is 0 Å². The molecule has 0 amide bonds. The van der Waals surface area contributed by atoms with Crippen molar-refractivity contribution in [1.29, 1.82) is 0 Å². The average molecular weight is 235 g/mol. The maximum atomic E-state index is 5.61. The van der Waals surface area contributed by atoms with Crippen LogP contribution in [0, 0.1) is 0 Å². The first-order valence-electron chi connectivity index (χ1n) is 6.01. The van der Waals surface area contributed by atoms with Crippen LogP contribution in [-0.2, 0) is 6.54 Å². The molecule has 94 valence electrons. The van der Waals surface area contributed by atoms with E-state index in [4.69, 9.17) is 5.73 Å². The first kappa shape index (κ1) is 12.3. The van der Waals surface area contributed by atoms with Gasteiger partial charge in [-0.25, -0.2) is 9.97 Å². The highest BCUT2D eigenvalue weighted by atomic mass is 15.3. The third-order valence-electron chi connectivity index (χ3n) is 3.51. The molecule has 0 atom stereocenters. The van der Waals surface area contributed by atoms with Gasteiger partial charge < -0.3 is 10.6 Å². The lowest BCUT2D eigenvalue weighted by atomic mass is 10.0. The summed E-state index contributed by atoms with van der Waals surface area (Å²) >= 11 is 0. The maximum absolute atomic E-state index is 5.61. The van der Waals surface area contributed by atoms with E-state index in [2.05, 4.69) is 40.7 Å². The van der Waals surface area contributed by atoms with Crippen molar-refractivity contribution in [3.05, 3.63) is 18.0 Å². The van der Waals surface area contributed by atoms with Gasteiger partial charge in [-0.1, -0.05) is 0 Å². The molecule has 1 aliphatic heterocycles. The topological polar surface area (TPSA) is 58.3 Å². The van der Waals surface area contributed by atoms with E-state index in [1.807, 2.05) is 6.07 Å². The smallest absolute Gasteiger partial charge is 0.225 e. The third-order valence-corrected chi connectivity index (χ3v) is 3.51. The minimum Gasteiger partial charge on any atom is -0.338 e. The number of nitrogens with two attached hydrogens (primary N) is 1. The van der Waals surface area contributed by atoms with Crippen LogP contribution in [0.1, 0.15) is 19.5 Å². The molecule has 0 aromatic carbocycles. The van der Waals surface area contributed by atoms with Crippen LogP contribution in [0.4, 0.5) is 5.95 Å². The van der Waals surface area contributed by atoms with Gasteiger partial charge in [0.05, 0.1) is 5.69 Å². The molecule has 2 rings (SSSR count). The first-order valence-corrected chi connectivity index (χ1v) is 6.01. The van der Waals surface area contributed by atoms with Crippen molar-refractivity contribution in [2.45, 2.75) is 25.9 Å². The Morgan fingerprint density at radius 3 is 2.82 bits per heavy atom. The van der Waals surface area contributed by atoms with Crippen LogP contribution in [0.5, 0.6) is 0 Å². The molecule has 0 saturated carbocycles. The Morgan fingerprint density at radius 2 is 2.18 bits per heavy atom. The first-order chi connectivity index (χ1) is 8.03. The molecule has 5 nitrogen and oxygen atoms in total. The van der Waals surface area contributed by atoms with Gasteiger partial charge in [0.25, 0.3) is 0 Å². The van der Waals surface area contributed by atoms with Gasteiger partial charge in [0.1, 0.15) is 0 Å². The molecular weight excluding hydrogens is 214 g/mol. The summed E-state index contributed by atoms with van der Waals surface area (Å²) in [6, 6.07) is 1.87. The molecule has 0 unspecified atom stereocenters. The summed E-state index contributed by atoms with van der Waals surface area (Å²) in [5.74, 6) is 0.800. The lowest BCUT2D eigenvalue weighted by Crippen LogP contribution is -2.58. The van der Waals surface area contributed by atoms with Crippen molar-refractivity contribution >= 4 is 5.95 Å². The maximum Gasteiger partial charge on any atom is 0.225 e. The van der Waals surface area contributed by atoms with Crippen molar-refractivity contribution in [2.24, 2.45) is 5.73 Å². The quantitative estimate of drug-likeness (QED) is 0.807. The van der Waals surface area contributed by atoms with Gasteiger partial charge in [-0.3, -0.25) is 4.90 Å². The SMILES string of the molecule is CN1CCN(c2nccc(CN)n2)CC1(C)C. The molecular formula is C12H21N5. The molecule has 0 radical (unpaired) electrons. The molecule has 0 spiro atoms. The Hall–Kier alpha value is -1.20. The Bertz CT molecular complexity index is 390. The lowest BCUT2D eigenvalue weighted by molar-refractivity contribution is 0.138. The van der Waals surface area contributed by atoms with Crippen molar-refractivity contribution < 1.29 is 0 Å². The normalized spacial score (nSPS) is 20.6. The van der Waals surface area contributed by atoms with Crippen LogP contribution < -0.4 is 10.6 Å². The van der Waals surface area contributed by atoms with E-state index in [-0.39, 0.29) is 5.54 Å². The minimum atomic E-state index is 0.153. The van der Waals surface area contributed by atoms with Gasteiger partial charge in [-0.2, -0.15) is 0 Å². The Labute approximate surface area is 103 Å². The standard InChI is InChI=1S/C12H21N5/c1-12(2)9-17(7-6-16(12)3)11-14-5-4-10(8-13)15-11/h4-5H,6-9,13H2,1-3H3. The zero-order valence-corrected chi connectivity index (χ0v) is 10.8. The van der Waals surface area contributed by atoms with Crippen molar-refractivity contribution in [2.75, 3.05) is 31.6 Å². The fourth-order valence-electron chi connectivity index (χ4n) is 2.06. The number of hydrogen-bond donors (Lipinski definition) is 1. The van der Waals surface area contributed by atoms with E-state index in [0.29, 0.717) is 6.54 Å². The second-order valence-corrected chi connectivity index (χ2v) is 5.21. The highest BCUT2D eigenvalue weighted by molar-refractivity contribution is 5.32. The molecule has 17 heavy (non-hydrogen) atoms. The van der Waals surface area contributed by atoms with Crippen molar-refractivity contribution in [1.82, 2.24) is 14.9 Å². The molecule has 0 bridgehead atoms. The molecule has 5 heteroatoms. The molecule has 1 aromatic heterocycles. The minimum absolute atomic E-state index is 0.153. The number of hydrogen-bond acceptors (Lipinski definition) is 5. The highest BCUT2D eigenvalue weighted by Gasteiger charge is 2.32. The van der Waals surface area contributed by atoms with Gasteiger partial charge in [0.15, 0.2) is 0 Å². The monoisotopic (exact) mass is 235 g/mol. The number of rotatable bonds is 2. The molecule has 1 aliphatic rings. The van der Waals surface area contributed by atoms with Crippen LogP contribution in [0.3, 0.4) is 0 Å². The number of nitrogens with zero attached hydrogens (tertiary/aromatic N) is 4.